The molecule has 34 heavy (non-hydrogen) atoms. The molecule has 6 nitrogen and oxygen atoms in total. The van der Waals surface area contributed by atoms with Gasteiger partial charge in [0.25, 0.3) is 5.91 Å². The number of thiophene rings is 1. The molecule has 2 N–H and O–H groups in total. The molecular formula is C26H34N2O4S2. The highest BCUT2D eigenvalue weighted by atomic mass is 32.1. The van der Waals surface area contributed by atoms with Crippen molar-refractivity contribution in [3.8, 4) is 5.75 Å². The van der Waals surface area contributed by atoms with Crippen LogP contribution in [0.1, 0.15) is 66.9 Å². The molecule has 8 heteroatoms. The van der Waals surface area contributed by atoms with E-state index in [4.69, 9.17) is 21.7 Å². The van der Waals surface area contributed by atoms with Gasteiger partial charge in [-0.2, -0.15) is 0 Å². The van der Waals surface area contributed by atoms with E-state index in [0.717, 1.165) is 36.8 Å². The lowest BCUT2D eigenvalue weighted by molar-refractivity contribution is -0.121. The summed E-state index contributed by atoms with van der Waals surface area (Å²) in [6.07, 6.45) is 3.90. The molecule has 0 saturated heterocycles. The second-order valence-electron chi connectivity index (χ2n) is 9.32. The largest absolute Gasteiger partial charge is 0.484 e. The number of thiocarbonyl (C=S) groups is 1. The average Bonchev–Trinajstić information content (AvgIpc) is 3.14. The van der Waals surface area contributed by atoms with E-state index >= 15 is 0 Å². The Bertz CT molecular complexity index is 1060. The van der Waals surface area contributed by atoms with E-state index in [2.05, 4.69) is 31.4 Å². The highest BCUT2D eigenvalue weighted by Gasteiger charge is 2.35. The molecule has 1 aliphatic carbocycles. The zero-order chi connectivity index (χ0) is 24.9. The predicted molar refractivity (Wildman–Crippen MR) is 141 cm³/mol. The van der Waals surface area contributed by atoms with Crippen LogP contribution in [0.25, 0.3) is 0 Å². The number of hydrogen-bond acceptors (Lipinski definition) is 6. The normalized spacial score (nSPS) is 15.3. The van der Waals surface area contributed by atoms with E-state index in [1.165, 1.54) is 16.2 Å². The standard InChI is InChI=1S/C26H34N2O4S2/c1-6-26(4,5)17-11-12-19-20(14-17)34-23(22(19)24(30)31-7-2)28-25(33)27-21(29)15-32-18-10-8-9-16(3)13-18/h8-10,13,17H,6-7,11-12,14-15H2,1-5H3,(H2,27,28,29,33). The number of ether oxygens (including phenoxy) is 2. The summed E-state index contributed by atoms with van der Waals surface area (Å²) in [5, 5.41) is 6.48. The average molecular weight is 503 g/mol. The Balaban J connectivity index is 1.71. The van der Waals surface area contributed by atoms with E-state index in [9.17, 15) is 9.59 Å². The van der Waals surface area contributed by atoms with Gasteiger partial charge in [-0.1, -0.05) is 39.3 Å². The molecule has 1 atom stereocenters. The van der Waals surface area contributed by atoms with Crippen LogP contribution >= 0.6 is 23.6 Å². The molecule has 1 heterocycles. The second-order valence-corrected chi connectivity index (χ2v) is 10.8. The number of esters is 1. The van der Waals surface area contributed by atoms with Gasteiger partial charge in [-0.05, 0) is 79.9 Å². The van der Waals surface area contributed by atoms with Crippen LogP contribution in [0.5, 0.6) is 5.75 Å². The fourth-order valence-corrected chi connectivity index (χ4v) is 5.80. The Kier molecular flexibility index (Phi) is 8.71. The summed E-state index contributed by atoms with van der Waals surface area (Å²) in [4.78, 5) is 26.4. The number of amides is 1. The zero-order valence-electron chi connectivity index (χ0n) is 20.6. The third kappa shape index (κ3) is 6.36. The number of carbonyl (C=O) groups is 2. The first-order chi connectivity index (χ1) is 16.1. The Morgan fingerprint density at radius 1 is 1.26 bits per heavy atom. The number of hydrogen-bond donors (Lipinski definition) is 2. The molecule has 0 saturated carbocycles. The van der Waals surface area contributed by atoms with E-state index in [0.29, 0.717) is 28.8 Å². The molecule has 0 fully saturated rings. The molecule has 2 aromatic rings. The Hall–Kier alpha value is -2.45. The van der Waals surface area contributed by atoms with Crippen molar-refractivity contribution in [1.29, 1.82) is 0 Å². The minimum atomic E-state index is -0.372. The molecule has 0 radical (unpaired) electrons. The minimum Gasteiger partial charge on any atom is -0.484 e. The van der Waals surface area contributed by atoms with Gasteiger partial charge in [0, 0.05) is 4.88 Å². The smallest absolute Gasteiger partial charge is 0.341 e. The van der Waals surface area contributed by atoms with E-state index in [1.807, 2.05) is 25.1 Å². The first-order valence-electron chi connectivity index (χ1n) is 11.8. The van der Waals surface area contributed by atoms with Crippen LogP contribution in [-0.4, -0.2) is 30.2 Å². The number of benzene rings is 1. The third-order valence-electron chi connectivity index (χ3n) is 6.60. The molecule has 0 aliphatic heterocycles. The van der Waals surface area contributed by atoms with Gasteiger partial charge in [-0.15, -0.1) is 11.3 Å². The first-order valence-corrected chi connectivity index (χ1v) is 13.0. The molecule has 1 aromatic carbocycles. The zero-order valence-corrected chi connectivity index (χ0v) is 22.2. The van der Waals surface area contributed by atoms with Crippen molar-refractivity contribution in [1.82, 2.24) is 5.32 Å². The van der Waals surface area contributed by atoms with Crippen LogP contribution in [0.3, 0.4) is 0 Å². The molecule has 3 rings (SSSR count). The molecule has 0 bridgehead atoms. The van der Waals surface area contributed by atoms with Gasteiger partial charge >= 0.3 is 5.97 Å². The second kappa shape index (κ2) is 11.3. The SMILES string of the molecule is CCOC(=O)c1c(NC(=S)NC(=O)COc2cccc(C)c2)sc2c1CCC(C(C)(C)CC)C2. The Morgan fingerprint density at radius 2 is 2.03 bits per heavy atom. The van der Waals surface area contributed by atoms with Crippen molar-refractivity contribution in [2.24, 2.45) is 11.3 Å². The first kappa shape index (κ1) is 26.2. The summed E-state index contributed by atoms with van der Waals surface area (Å²) < 4.78 is 10.9. The topological polar surface area (TPSA) is 76.7 Å². The van der Waals surface area contributed by atoms with Crippen molar-refractivity contribution in [2.75, 3.05) is 18.5 Å². The maximum atomic E-state index is 12.8. The number of aryl methyl sites for hydroxylation is 1. The molecule has 1 aliphatic rings. The van der Waals surface area contributed by atoms with Gasteiger partial charge in [-0.25, -0.2) is 4.79 Å². The maximum absolute atomic E-state index is 12.8. The summed E-state index contributed by atoms with van der Waals surface area (Å²) >= 11 is 6.90. The van der Waals surface area contributed by atoms with E-state index in [-0.39, 0.29) is 29.0 Å². The maximum Gasteiger partial charge on any atom is 0.341 e. The van der Waals surface area contributed by atoms with Crippen LogP contribution in [0.15, 0.2) is 24.3 Å². The molecule has 1 amide bonds. The summed E-state index contributed by atoms with van der Waals surface area (Å²) in [7, 11) is 0. The molecule has 1 unspecified atom stereocenters. The van der Waals surface area contributed by atoms with Crippen LogP contribution < -0.4 is 15.4 Å². The molecular weight excluding hydrogens is 468 g/mol. The fraction of sp³-hybridized carbons (Fsp3) is 0.500. The highest BCUT2D eigenvalue weighted by Crippen LogP contribution is 2.45. The Morgan fingerprint density at radius 3 is 2.71 bits per heavy atom. The van der Waals surface area contributed by atoms with E-state index in [1.54, 1.807) is 13.0 Å². The summed E-state index contributed by atoms with van der Waals surface area (Å²) in [5.74, 6) is 0.446. The minimum absolute atomic E-state index is 0.132. The molecule has 1 aromatic heterocycles. The van der Waals surface area contributed by atoms with Crippen molar-refractivity contribution in [3.05, 3.63) is 45.8 Å². The number of nitrogens with one attached hydrogen (secondary N) is 2. The van der Waals surface area contributed by atoms with Crippen molar-refractivity contribution in [2.45, 2.75) is 60.3 Å². The van der Waals surface area contributed by atoms with Gasteiger partial charge in [0.05, 0.1) is 12.2 Å². The third-order valence-corrected chi connectivity index (χ3v) is 7.97. The van der Waals surface area contributed by atoms with Crippen LogP contribution in [0, 0.1) is 18.3 Å². The van der Waals surface area contributed by atoms with Crippen molar-refractivity contribution in [3.63, 3.8) is 0 Å². The summed E-state index contributed by atoms with van der Waals surface area (Å²) in [5.41, 5.74) is 2.88. The highest BCUT2D eigenvalue weighted by molar-refractivity contribution is 7.80. The van der Waals surface area contributed by atoms with Crippen LogP contribution in [0.2, 0.25) is 0 Å². The van der Waals surface area contributed by atoms with Crippen molar-refractivity contribution >= 4 is 45.5 Å². The number of carbonyl (C=O) groups excluding carboxylic acids is 2. The Labute approximate surface area is 211 Å². The van der Waals surface area contributed by atoms with Gasteiger partial charge < -0.3 is 14.8 Å². The van der Waals surface area contributed by atoms with Gasteiger partial charge in [-0.3, -0.25) is 10.1 Å². The lowest BCUT2D eigenvalue weighted by atomic mass is 9.69. The van der Waals surface area contributed by atoms with Crippen molar-refractivity contribution < 1.29 is 19.1 Å². The number of anilines is 1. The predicted octanol–water partition coefficient (Wildman–Crippen LogP) is 5.67. The van der Waals surface area contributed by atoms with Crippen LogP contribution in [0.4, 0.5) is 5.00 Å². The van der Waals surface area contributed by atoms with Crippen LogP contribution in [-0.2, 0) is 22.4 Å². The monoisotopic (exact) mass is 502 g/mol. The number of fused-ring (bicyclic) bond motifs is 1. The molecule has 184 valence electrons. The van der Waals surface area contributed by atoms with E-state index < -0.39 is 0 Å². The summed E-state index contributed by atoms with van der Waals surface area (Å²) in [6.45, 7) is 10.7. The summed E-state index contributed by atoms with van der Waals surface area (Å²) in [6, 6.07) is 7.49. The lowest BCUT2D eigenvalue weighted by Gasteiger charge is -2.36. The number of rotatable bonds is 8. The van der Waals surface area contributed by atoms with Gasteiger partial charge in [0.1, 0.15) is 10.8 Å². The fourth-order valence-electron chi connectivity index (χ4n) is 4.20. The quantitative estimate of drug-likeness (QED) is 0.358. The van der Waals surface area contributed by atoms with Gasteiger partial charge in [0.15, 0.2) is 11.7 Å². The lowest BCUT2D eigenvalue weighted by Crippen LogP contribution is -2.37. The molecule has 0 spiro atoms. The van der Waals surface area contributed by atoms with Gasteiger partial charge in [0.2, 0.25) is 0 Å².